The number of alkyl halides is 1. The van der Waals surface area contributed by atoms with E-state index in [0.29, 0.717) is 11.6 Å². The minimum atomic E-state index is -0.455. The lowest BCUT2D eigenvalue weighted by Crippen LogP contribution is -2.10. The molecule has 0 radical (unpaired) electrons. The average Bonchev–Trinajstić information content (AvgIpc) is 2.19. The van der Waals surface area contributed by atoms with Gasteiger partial charge in [0.2, 0.25) is 6.29 Å². The van der Waals surface area contributed by atoms with Gasteiger partial charge in [0.25, 0.3) is 0 Å². The van der Waals surface area contributed by atoms with Crippen molar-refractivity contribution in [1.29, 1.82) is 0 Å². The second-order valence-corrected chi connectivity index (χ2v) is 3.00. The van der Waals surface area contributed by atoms with Crippen LogP contribution in [0.3, 0.4) is 0 Å². The van der Waals surface area contributed by atoms with Crippen LogP contribution in [0.1, 0.15) is 12.5 Å². The van der Waals surface area contributed by atoms with Crippen molar-refractivity contribution in [1.82, 2.24) is 0 Å². The van der Waals surface area contributed by atoms with Gasteiger partial charge >= 0.3 is 0 Å². The summed E-state index contributed by atoms with van der Waals surface area (Å²) in [6.07, 6.45) is -0.455. The maximum atomic E-state index is 5.63. The Labute approximate surface area is 87.5 Å². The first kappa shape index (κ1) is 10.6. The molecule has 0 spiro atoms. The normalized spacial score (nSPS) is 12.5. The Kier molecular flexibility index (Phi) is 4.36. The number of ether oxygens (including phenoxy) is 1. The summed E-state index contributed by atoms with van der Waals surface area (Å²) in [5.41, 5.74) is 1.05. The lowest BCUT2D eigenvalue weighted by molar-refractivity contribution is 0.0306. The van der Waals surface area contributed by atoms with Crippen molar-refractivity contribution < 1.29 is 9.03 Å². The highest BCUT2D eigenvalue weighted by Gasteiger charge is 2.01. The fraction of sp³-hybridized carbons (Fsp3) is 0.333. The zero-order valence-electron chi connectivity index (χ0n) is 7.17. The van der Waals surface area contributed by atoms with E-state index in [1.807, 2.05) is 24.3 Å². The van der Waals surface area contributed by atoms with Gasteiger partial charge < -0.3 is 4.74 Å². The Morgan fingerprint density at radius 1 is 1.31 bits per heavy atom. The maximum absolute atomic E-state index is 5.63. The molecule has 0 saturated heterocycles. The number of rotatable bonds is 4. The molecule has 0 aliphatic rings. The lowest BCUT2D eigenvalue weighted by atomic mass is 10.2. The van der Waals surface area contributed by atoms with Crippen molar-refractivity contribution in [3.63, 3.8) is 0 Å². The first-order valence-electron chi connectivity index (χ1n) is 3.85. The third-order valence-corrected chi connectivity index (χ3v) is 2.06. The van der Waals surface area contributed by atoms with Crippen molar-refractivity contribution in [3.8, 4) is 5.75 Å². The molecule has 0 aliphatic heterocycles. The van der Waals surface area contributed by atoms with Crippen LogP contribution >= 0.6 is 23.5 Å². The second-order valence-electron chi connectivity index (χ2n) is 2.55. The van der Waals surface area contributed by atoms with Gasteiger partial charge in [0, 0.05) is 5.88 Å². The fourth-order valence-corrected chi connectivity index (χ4v) is 1.08. The highest BCUT2D eigenvalue weighted by Crippen LogP contribution is 2.15. The Hall–Kier alpha value is -0.440. The molecule has 13 heavy (non-hydrogen) atoms. The predicted molar refractivity (Wildman–Crippen MR) is 53.0 cm³/mol. The van der Waals surface area contributed by atoms with Gasteiger partial charge in [-0.25, -0.2) is 4.29 Å². The molecule has 1 unspecified atom stereocenters. The van der Waals surface area contributed by atoms with Crippen LogP contribution < -0.4 is 4.74 Å². The van der Waals surface area contributed by atoms with Crippen LogP contribution in [-0.2, 0) is 10.2 Å². The van der Waals surface area contributed by atoms with E-state index in [-0.39, 0.29) is 0 Å². The molecule has 1 atom stereocenters. The molecule has 0 fully saturated rings. The van der Waals surface area contributed by atoms with E-state index >= 15 is 0 Å². The molecule has 0 saturated carbocycles. The van der Waals surface area contributed by atoms with E-state index < -0.39 is 6.29 Å². The lowest BCUT2D eigenvalue weighted by Gasteiger charge is -2.10. The Morgan fingerprint density at radius 3 is 2.38 bits per heavy atom. The molecular formula is C9H10Cl2O2. The number of hydrogen-bond donors (Lipinski definition) is 0. The quantitative estimate of drug-likeness (QED) is 0.573. The zero-order chi connectivity index (χ0) is 9.68. The summed E-state index contributed by atoms with van der Waals surface area (Å²) < 4.78 is 9.70. The van der Waals surface area contributed by atoms with E-state index in [1.165, 1.54) is 0 Å². The van der Waals surface area contributed by atoms with Crippen LogP contribution in [0.2, 0.25) is 0 Å². The maximum Gasteiger partial charge on any atom is 0.215 e. The van der Waals surface area contributed by atoms with E-state index in [2.05, 4.69) is 4.29 Å². The molecule has 2 nitrogen and oxygen atoms in total. The average molecular weight is 221 g/mol. The van der Waals surface area contributed by atoms with Crippen LogP contribution in [0.25, 0.3) is 0 Å². The van der Waals surface area contributed by atoms with Crippen molar-refractivity contribution in [3.05, 3.63) is 29.8 Å². The Balaban J connectivity index is 2.58. The van der Waals surface area contributed by atoms with Crippen LogP contribution in [-0.4, -0.2) is 6.29 Å². The summed E-state index contributed by atoms with van der Waals surface area (Å²) in [5.74, 6) is 1.21. The summed E-state index contributed by atoms with van der Waals surface area (Å²) in [7, 11) is 0. The zero-order valence-corrected chi connectivity index (χ0v) is 8.68. The third-order valence-electron chi connectivity index (χ3n) is 1.51. The van der Waals surface area contributed by atoms with Crippen molar-refractivity contribution >= 4 is 23.5 Å². The smallest absolute Gasteiger partial charge is 0.215 e. The summed E-state index contributed by atoms with van der Waals surface area (Å²) in [6, 6.07) is 7.43. The molecule has 1 rings (SSSR count). The molecule has 4 heteroatoms. The SMILES string of the molecule is CC(OCl)Oc1ccc(CCl)cc1. The van der Waals surface area contributed by atoms with Gasteiger partial charge in [-0.2, -0.15) is 0 Å². The van der Waals surface area contributed by atoms with Gasteiger partial charge in [-0.3, -0.25) is 0 Å². The molecular weight excluding hydrogens is 211 g/mol. The van der Waals surface area contributed by atoms with E-state index in [0.717, 1.165) is 5.56 Å². The van der Waals surface area contributed by atoms with E-state index in [9.17, 15) is 0 Å². The highest BCUT2D eigenvalue weighted by atomic mass is 35.5. The summed E-state index contributed by atoms with van der Waals surface area (Å²) in [6.45, 7) is 1.71. The van der Waals surface area contributed by atoms with Crippen molar-refractivity contribution in [2.24, 2.45) is 0 Å². The van der Waals surface area contributed by atoms with Gasteiger partial charge in [-0.05, 0) is 24.6 Å². The Bertz CT molecular complexity index is 248. The summed E-state index contributed by atoms with van der Waals surface area (Å²) in [5, 5.41) is 0. The topological polar surface area (TPSA) is 18.5 Å². The largest absolute Gasteiger partial charge is 0.464 e. The van der Waals surface area contributed by atoms with E-state index in [1.54, 1.807) is 6.92 Å². The molecule has 0 N–H and O–H groups in total. The molecule has 1 aromatic rings. The van der Waals surface area contributed by atoms with Gasteiger partial charge in [0.1, 0.15) is 5.75 Å². The van der Waals surface area contributed by atoms with Crippen LogP contribution in [0.15, 0.2) is 24.3 Å². The van der Waals surface area contributed by atoms with Crippen molar-refractivity contribution in [2.75, 3.05) is 0 Å². The number of hydrogen-bond acceptors (Lipinski definition) is 2. The molecule has 0 amide bonds. The predicted octanol–water partition coefficient (Wildman–Crippen LogP) is 3.32. The molecule has 0 aliphatic carbocycles. The van der Waals surface area contributed by atoms with Crippen LogP contribution in [0.4, 0.5) is 0 Å². The third kappa shape index (κ3) is 3.43. The standard InChI is InChI=1S/C9H10Cl2O2/c1-7(13-11)12-9-4-2-8(6-10)3-5-9/h2-5,7H,6H2,1H3. The molecule has 0 heterocycles. The van der Waals surface area contributed by atoms with Gasteiger partial charge in [-0.1, -0.05) is 12.1 Å². The Morgan fingerprint density at radius 2 is 1.92 bits per heavy atom. The fourth-order valence-electron chi connectivity index (χ4n) is 0.867. The van der Waals surface area contributed by atoms with Gasteiger partial charge in [0.05, 0.1) is 11.9 Å². The second kappa shape index (κ2) is 5.32. The van der Waals surface area contributed by atoms with Crippen LogP contribution in [0.5, 0.6) is 5.75 Å². The van der Waals surface area contributed by atoms with E-state index in [4.69, 9.17) is 28.2 Å². The molecule has 0 bridgehead atoms. The summed E-state index contributed by atoms with van der Waals surface area (Å²) in [4.78, 5) is 0. The first-order chi connectivity index (χ1) is 6.26. The number of halogens is 2. The minimum absolute atomic E-state index is 0.455. The molecule has 0 aromatic heterocycles. The molecule has 1 aromatic carbocycles. The van der Waals surface area contributed by atoms with Gasteiger partial charge in [0.15, 0.2) is 0 Å². The van der Waals surface area contributed by atoms with Crippen molar-refractivity contribution in [2.45, 2.75) is 19.1 Å². The monoisotopic (exact) mass is 220 g/mol. The summed E-state index contributed by atoms with van der Waals surface area (Å²) >= 11 is 10.7. The van der Waals surface area contributed by atoms with Gasteiger partial charge in [-0.15, -0.1) is 11.6 Å². The van der Waals surface area contributed by atoms with Crippen LogP contribution in [0, 0.1) is 0 Å². The highest BCUT2D eigenvalue weighted by molar-refractivity contribution is 6.17. The molecule has 72 valence electrons. The minimum Gasteiger partial charge on any atom is -0.464 e. The number of benzene rings is 1. The first-order valence-corrected chi connectivity index (χ1v) is 4.69.